The van der Waals surface area contributed by atoms with Crippen molar-refractivity contribution in [2.75, 3.05) is 25.1 Å². The Labute approximate surface area is 267 Å². The number of rotatable bonds is 13. The Bertz CT molecular complexity index is 1570. The van der Waals surface area contributed by atoms with Crippen molar-refractivity contribution in [2.24, 2.45) is 0 Å². The van der Waals surface area contributed by atoms with Gasteiger partial charge in [-0.05, 0) is 68.5 Å². The van der Waals surface area contributed by atoms with Crippen molar-refractivity contribution in [3.63, 3.8) is 0 Å². The normalized spacial score (nSPS) is 14.3. The molecule has 1 fully saturated rings. The van der Waals surface area contributed by atoms with E-state index in [2.05, 4.69) is 5.32 Å². The van der Waals surface area contributed by atoms with Crippen LogP contribution in [0.4, 0.5) is 5.69 Å². The average Bonchev–Trinajstić information content (AvgIpc) is 3.04. The number of hydrogen-bond donors (Lipinski definition) is 1. The number of benzene rings is 3. The molecule has 3 aromatic rings. The summed E-state index contributed by atoms with van der Waals surface area (Å²) < 4.78 is 40.3. The van der Waals surface area contributed by atoms with Gasteiger partial charge in [-0.15, -0.1) is 0 Å². The molecule has 0 saturated heterocycles. The standard InChI is InChI=1S/C35H45N3O6S/c1-6-31(35(40)36-28-14-8-7-9-15-28)37(23-27-13-11-10-12-26(27)3)34(39)24-38(29-18-21-32(43-4)33(22-29)44-5)45(41,42)30-19-16-25(2)17-20-30/h10-13,16-22,28,31H,6-9,14-15,23-24H2,1-5H3,(H,36,40)/t31-/m1/s1. The largest absolute Gasteiger partial charge is 0.493 e. The summed E-state index contributed by atoms with van der Waals surface area (Å²) in [4.78, 5) is 29.8. The molecule has 2 amide bonds. The summed E-state index contributed by atoms with van der Waals surface area (Å²) in [6, 6.07) is 18.2. The topological polar surface area (TPSA) is 105 Å². The van der Waals surface area contributed by atoms with Gasteiger partial charge in [0.15, 0.2) is 11.5 Å². The Morgan fingerprint density at radius 1 is 0.911 bits per heavy atom. The van der Waals surface area contributed by atoms with E-state index in [9.17, 15) is 18.0 Å². The summed E-state index contributed by atoms with van der Waals surface area (Å²) in [7, 11) is -1.25. The maximum absolute atomic E-state index is 14.4. The number of anilines is 1. The van der Waals surface area contributed by atoms with Gasteiger partial charge >= 0.3 is 0 Å². The van der Waals surface area contributed by atoms with Crippen LogP contribution in [-0.2, 0) is 26.2 Å². The Balaban J connectivity index is 1.76. The van der Waals surface area contributed by atoms with Crippen LogP contribution < -0.4 is 19.1 Å². The van der Waals surface area contributed by atoms with E-state index >= 15 is 0 Å². The van der Waals surface area contributed by atoms with Gasteiger partial charge in [0.1, 0.15) is 12.6 Å². The van der Waals surface area contributed by atoms with E-state index < -0.39 is 28.5 Å². The number of sulfonamides is 1. The second kappa shape index (κ2) is 15.3. The zero-order valence-corrected chi connectivity index (χ0v) is 27.7. The zero-order chi connectivity index (χ0) is 32.6. The van der Waals surface area contributed by atoms with E-state index in [0.29, 0.717) is 17.9 Å². The molecule has 1 aliphatic carbocycles. The Hall–Kier alpha value is -4.05. The van der Waals surface area contributed by atoms with Crippen molar-refractivity contribution in [3.8, 4) is 11.5 Å². The van der Waals surface area contributed by atoms with Gasteiger partial charge < -0.3 is 19.7 Å². The van der Waals surface area contributed by atoms with Crippen LogP contribution in [0.3, 0.4) is 0 Å². The quantitative estimate of drug-likeness (QED) is 0.256. The molecule has 4 rings (SSSR count). The lowest BCUT2D eigenvalue weighted by atomic mass is 9.95. The molecule has 0 spiro atoms. The van der Waals surface area contributed by atoms with Gasteiger partial charge in [-0.3, -0.25) is 13.9 Å². The molecule has 1 aliphatic rings. The van der Waals surface area contributed by atoms with Crippen LogP contribution in [0.2, 0.25) is 0 Å². The van der Waals surface area contributed by atoms with Crippen molar-refractivity contribution < 1.29 is 27.5 Å². The number of amides is 2. The molecule has 0 bridgehead atoms. The van der Waals surface area contributed by atoms with Gasteiger partial charge in [0, 0.05) is 18.7 Å². The van der Waals surface area contributed by atoms with Crippen LogP contribution in [0.25, 0.3) is 0 Å². The lowest BCUT2D eigenvalue weighted by molar-refractivity contribution is -0.140. The summed E-state index contributed by atoms with van der Waals surface area (Å²) >= 11 is 0. The lowest BCUT2D eigenvalue weighted by Crippen LogP contribution is -2.54. The van der Waals surface area contributed by atoms with Crippen molar-refractivity contribution in [1.82, 2.24) is 10.2 Å². The van der Waals surface area contributed by atoms with Crippen LogP contribution in [0, 0.1) is 13.8 Å². The van der Waals surface area contributed by atoms with Crippen LogP contribution in [0.15, 0.2) is 71.6 Å². The number of hydrogen-bond acceptors (Lipinski definition) is 6. The molecule has 1 N–H and O–H groups in total. The van der Waals surface area contributed by atoms with E-state index in [1.54, 1.807) is 24.3 Å². The third-order valence-electron chi connectivity index (χ3n) is 8.48. The Kier molecular flexibility index (Phi) is 11.5. The number of ether oxygens (including phenoxy) is 2. The van der Waals surface area contributed by atoms with Gasteiger partial charge in [0.25, 0.3) is 10.0 Å². The first-order valence-electron chi connectivity index (χ1n) is 15.5. The Morgan fingerprint density at radius 3 is 2.20 bits per heavy atom. The van der Waals surface area contributed by atoms with Gasteiger partial charge in [-0.2, -0.15) is 0 Å². The molecule has 242 valence electrons. The fourth-order valence-electron chi connectivity index (χ4n) is 5.78. The molecule has 0 aliphatic heterocycles. The predicted molar refractivity (Wildman–Crippen MR) is 176 cm³/mol. The maximum atomic E-state index is 14.4. The second-order valence-corrected chi connectivity index (χ2v) is 13.4. The number of nitrogens with zero attached hydrogens (tertiary/aromatic N) is 2. The van der Waals surface area contributed by atoms with E-state index in [-0.39, 0.29) is 29.1 Å². The highest BCUT2D eigenvalue weighted by molar-refractivity contribution is 7.92. The first kappa shape index (κ1) is 33.8. The van der Waals surface area contributed by atoms with Gasteiger partial charge in [-0.25, -0.2) is 8.42 Å². The molecule has 1 atom stereocenters. The third kappa shape index (κ3) is 8.16. The fraction of sp³-hybridized carbons (Fsp3) is 0.429. The first-order chi connectivity index (χ1) is 21.6. The number of carbonyl (C=O) groups excluding carboxylic acids is 2. The lowest BCUT2D eigenvalue weighted by Gasteiger charge is -2.35. The molecular formula is C35H45N3O6S. The van der Waals surface area contributed by atoms with Crippen molar-refractivity contribution in [1.29, 1.82) is 0 Å². The Morgan fingerprint density at radius 2 is 1.58 bits per heavy atom. The van der Waals surface area contributed by atoms with E-state index in [1.807, 2.05) is 45.0 Å². The SMILES string of the molecule is CC[C@H](C(=O)NC1CCCCC1)N(Cc1ccccc1C)C(=O)CN(c1ccc(OC)c(OC)c1)S(=O)(=O)c1ccc(C)cc1. The molecule has 3 aromatic carbocycles. The van der Waals surface area contributed by atoms with Crippen LogP contribution >= 0.6 is 0 Å². The molecule has 0 aromatic heterocycles. The molecule has 9 nitrogen and oxygen atoms in total. The predicted octanol–water partition coefficient (Wildman–Crippen LogP) is 5.77. The molecule has 10 heteroatoms. The minimum absolute atomic E-state index is 0.0446. The van der Waals surface area contributed by atoms with Crippen molar-refractivity contribution >= 4 is 27.5 Å². The molecule has 1 saturated carbocycles. The summed E-state index contributed by atoms with van der Waals surface area (Å²) in [5, 5.41) is 3.18. The average molecular weight is 636 g/mol. The molecule has 0 heterocycles. The zero-order valence-electron chi connectivity index (χ0n) is 26.9. The number of aryl methyl sites for hydroxylation is 2. The highest BCUT2D eigenvalue weighted by Crippen LogP contribution is 2.34. The number of nitrogens with one attached hydrogen (secondary N) is 1. The first-order valence-corrected chi connectivity index (χ1v) is 17.0. The molecule has 45 heavy (non-hydrogen) atoms. The molecule has 0 radical (unpaired) electrons. The third-order valence-corrected chi connectivity index (χ3v) is 10.3. The van der Waals surface area contributed by atoms with Crippen LogP contribution in [0.5, 0.6) is 11.5 Å². The van der Waals surface area contributed by atoms with Gasteiger partial charge in [0.2, 0.25) is 11.8 Å². The highest BCUT2D eigenvalue weighted by atomic mass is 32.2. The van der Waals surface area contributed by atoms with E-state index in [0.717, 1.165) is 53.1 Å². The minimum Gasteiger partial charge on any atom is -0.493 e. The number of carbonyl (C=O) groups is 2. The molecule has 0 unspecified atom stereocenters. The van der Waals surface area contributed by atoms with Crippen LogP contribution in [0.1, 0.15) is 62.1 Å². The smallest absolute Gasteiger partial charge is 0.264 e. The summed E-state index contributed by atoms with van der Waals surface area (Å²) in [5.74, 6) is 0.0354. The van der Waals surface area contributed by atoms with Crippen LogP contribution in [-0.4, -0.2) is 58.0 Å². The van der Waals surface area contributed by atoms with E-state index in [1.165, 1.54) is 37.3 Å². The fourth-order valence-corrected chi connectivity index (χ4v) is 7.19. The van der Waals surface area contributed by atoms with E-state index in [4.69, 9.17) is 9.47 Å². The monoisotopic (exact) mass is 635 g/mol. The van der Waals surface area contributed by atoms with Gasteiger partial charge in [0.05, 0.1) is 24.8 Å². The number of methoxy groups -OCH3 is 2. The minimum atomic E-state index is -4.21. The molecular weight excluding hydrogens is 590 g/mol. The summed E-state index contributed by atoms with van der Waals surface area (Å²) in [5.41, 5.74) is 3.00. The van der Waals surface area contributed by atoms with Gasteiger partial charge in [-0.1, -0.05) is 68.1 Å². The maximum Gasteiger partial charge on any atom is 0.264 e. The summed E-state index contributed by atoms with van der Waals surface area (Å²) in [6.07, 6.45) is 5.47. The second-order valence-electron chi connectivity index (χ2n) is 11.6. The van der Waals surface area contributed by atoms with Crippen molar-refractivity contribution in [2.45, 2.75) is 82.8 Å². The van der Waals surface area contributed by atoms with Crippen molar-refractivity contribution in [3.05, 3.63) is 83.4 Å². The highest BCUT2D eigenvalue weighted by Gasteiger charge is 2.35. The summed E-state index contributed by atoms with van der Waals surface area (Å²) in [6.45, 7) is 5.34.